The van der Waals surface area contributed by atoms with Crippen molar-refractivity contribution in [1.29, 1.82) is 5.41 Å². The lowest BCUT2D eigenvalue weighted by Crippen LogP contribution is -2.29. The van der Waals surface area contributed by atoms with Gasteiger partial charge >= 0.3 is 0 Å². The molecule has 26 heavy (non-hydrogen) atoms. The number of nitrogens with zero attached hydrogens (tertiary/aromatic N) is 4. The fourth-order valence-corrected chi connectivity index (χ4v) is 3.01. The fraction of sp³-hybridized carbons (Fsp3) is 0.278. The molecule has 0 aliphatic carbocycles. The maximum atomic E-state index is 8.07. The molecule has 3 rings (SSSR count). The molecule has 0 radical (unpaired) electrons. The summed E-state index contributed by atoms with van der Waals surface area (Å²) in [5, 5.41) is 12.0. The second-order valence-electron chi connectivity index (χ2n) is 6.12. The highest BCUT2D eigenvalue weighted by Gasteiger charge is 2.22. The lowest BCUT2D eigenvalue weighted by Gasteiger charge is -2.18. The van der Waals surface area contributed by atoms with Gasteiger partial charge in [-0.05, 0) is 32.9 Å². The van der Waals surface area contributed by atoms with Gasteiger partial charge in [-0.15, -0.1) is 0 Å². The molecule has 0 fully saturated rings. The third kappa shape index (κ3) is 2.90. The number of rotatable bonds is 3. The molecular formula is C18H21N7O. The molecule has 0 amide bonds. The van der Waals surface area contributed by atoms with Crippen molar-refractivity contribution < 1.29 is 4.52 Å². The molecule has 3 heterocycles. The molecule has 0 spiro atoms. The molecule has 0 unspecified atom stereocenters. The summed E-state index contributed by atoms with van der Waals surface area (Å²) < 4.78 is 5.21. The summed E-state index contributed by atoms with van der Waals surface area (Å²) in [6.45, 7) is 5.56. The maximum Gasteiger partial charge on any atom is 0.174 e. The largest absolute Gasteiger partial charge is 0.397 e. The van der Waals surface area contributed by atoms with Crippen LogP contribution in [0.4, 0.5) is 5.82 Å². The molecule has 0 atom stereocenters. The molecule has 1 aliphatic rings. The Kier molecular flexibility index (Phi) is 4.41. The van der Waals surface area contributed by atoms with E-state index < -0.39 is 0 Å². The van der Waals surface area contributed by atoms with Crippen molar-refractivity contribution in [3.8, 4) is 11.1 Å². The first-order valence-electron chi connectivity index (χ1n) is 8.12. The van der Waals surface area contributed by atoms with Gasteiger partial charge in [0, 0.05) is 36.0 Å². The Morgan fingerprint density at radius 3 is 2.50 bits per heavy atom. The third-order valence-corrected chi connectivity index (χ3v) is 4.38. The normalized spacial score (nSPS) is 16.4. The number of dihydropyridines is 1. The number of amidine groups is 1. The van der Waals surface area contributed by atoms with Crippen LogP contribution in [0.15, 0.2) is 37.9 Å². The van der Waals surface area contributed by atoms with E-state index in [2.05, 4.69) is 20.1 Å². The van der Waals surface area contributed by atoms with Crippen molar-refractivity contribution in [3.05, 3.63) is 40.6 Å². The number of hydrogen-bond donors (Lipinski definition) is 3. The Balaban J connectivity index is 1.95. The topological polar surface area (TPSA) is 140 Å². The molecule has 0 saturated carbocycles. The Labute approximate surface area is 151 Å². The Bertz CT molecular complexity index is 975. The molecule has 0 bridgehead atoms. The SMILES string of the molecule is CN=C1N=C(C)C(Cc2ccc(-c3c(C)noc3C)c(N)n2)=C(N)C1=N. The fourth-order valence-electron chi connectivity index (χ4n) is 3.01. The van der Waals surface area contributed by atoms with Crippen LogP contribution >= 0.6 is 0 Å². The number of nitrogens with two attached hydrogens (primary N) is 2. The highest BCUT2D eigenvalue weighted by atomic mass is 16.5. The monoisotopic (exact) mass is 351 g/mol. The minimum absolute atomic E-state index is 0.133. The number of hydrogen-bond acceptors (Lipinski definition) is 7. The predicted octanol–water partition coefficient (Wildman–Crippen LogP) is 2.21. The van der Waals surface area contributed by atoms with Crippen LogP contribution in [0.2, 0.25) is 0 Å². The summed E-state index contributed by atoms with van der Waals surface area (Å²) in [5.74, 6) is 1.43. The number of pyridine rings is 1. The number of aromatic nitrogens is 2. The molecule has 1 aliphatic heterocycles. The minimum atomic E-state index is 0.133. The van der Waals surface area contributed by atoms with E-state index >= 15 is 0 Å². The van der Waals surface area contributed by atoms with Crippen LogP contribution in [-0.2, 0) is 6.42 Å². The second kappa shape index (κ2) is 6.55. The van der Waals surface area contributed by atoms with Gasteiger partial charge in [0.25, 0.3) is 0 Å². The molecule has 2 aromatic heterocycles. The van der Waals surface area contributed by atoms with Gasteiger partial charge in [0.2, 0.25) is 0 Å². The highest BCUT2D eigenvalue weighted by Crippen LogP contribution is 2.31. The highest BCUT2D eigenvalue weighted by molar-refractivity contribution is 6.50. The van der Waals surface area contributed by atoms with Crippen molar-refractivity contribution in [1.82, 2.24) is 10.1 Å². The first-order valence-corrected chi connectivity index (χ1v) is 8.12. The van der Waals surface area contributed by atoms with Crippen LogP contribution in [0, 0.1) is 19.3 Å². The zero-order valence-corrected chi connectivity index (χ0v) is 15.2. The van der Waals surface area contributed by atoms with Gasteiger partial charge in [-0.25, -0.2) is 9.98 Å². The van der Waals surface area contributed by atoms with E-state index in [1.54, 1.807) is 7.05 Å². The van der Waals surface area contributed by atoms with Crippen molar-refractivity contribution in [2.75, 3.05) is 12.8 Å². The van der Waals surface area contributed by atoms with Crippen LogP contribution in [0.25, 0.3) is 11.1 Å². The average Bonchev–Trinajstić information content (AvgIpc) is 2.94. The number of aryl methyl sites for hydroxylation is 2. The Morgan fingerprint density at radius 2 is 1.92 bits per heavy atom. The standard InChI is InChI=1S/C18H21N7O/c1-8-13(15(19)16(20)18(22-4)23-8)7-11-5-6-12(17(21)24-11)14-9(2)25-26-10(14)3/h5-6,20H,7,19H2,1-4H3,(H2,21,24). The lowest BCUT2D eigenvalue weighted by atomic mass is 9.97. The van der Waals surface area contributed by atoms with Crippen molar-refractivity contribution in [2.24, 2.45) is 15.7 Å². The number of nitrogen functional groups attached to an aromatic ring is 1. The molecule has 8 nitrogen and oxygen atoms in total. The molecule has 0 aromatic carbocycles. The summed E-state index contributed by atoms with van der Waals surface area (Å²) in [6.07, 6.45) is 0.437. The van der Waals surface area contributed by atoms with Crippen molar-refractivity contribution in [3.63, 3.8) is 0 Å². The van der Waals surface area contributed by atoms with E-state index in [-0.39, 0.29) is 5.71 Å². The van der Waals surface area contributed by atoms with E-state index in [1.807, 2.05) is 32.9 Å². The van der Waals surface area contributed by atoms with E-state index in [1.165, 1.54) is 0 Å². The Hall–Kier alpha value is -3.29. The first kappa shape index (κ1) is 17.5. The summed E-state index contributed by atoms with van der Waals surface area (Å²) >= 11 is 0. The summed E-state index contributed by atoms with van der Waals surface area (Å²) in [6, 6.07) is 3.79. The Morgan fingerprint density at radius 1 is 1.19 bits per heavy atom. The quantitative estimate of drug-likeness (QED) is 0.778. The number of allylic oxidation sites excluding steroid dienone is 1. The van der Waals surface area contributed by atoms with Gasteiger partial charge < -0.3 is 16.0 Å². The van der Waals surface area contributed by atoms with Crippen molar-refractivity contribution in [2.45, 2.75) is 27.2 Å². The van der Waals surface area contributed by atoms with Crippen LogP contribution in [0.5, 0.6) is 0 Å². The van der Waals surface area contributed by atoms with Gasteiger partial charge in [0.1, 0.15) is 17.3 Å². The average molecular weight is 351 g/mol. The third-order valence-electron chi connectivity index (χ3n) is 4.38. The van der Waals surface area contributed by atoms with Crippen LogP contribution in [0.1, 0.15) is 24.1 Å². The molecule has 134 valence electrons. The lowest BCUT2D eigenvalue weighted by molar-refractivity contribution is 0.393. The maximum absolute atomic E-state index is 8.07. The first-order chi connectivity index (χ1) is 12.3. The van der Waals surface area contributed by atoms with Crippen LogP contribution in [0.3, 0.4) is 0 Å². The van der Waals surface area contributed by atoms with Gasteiger partial charge in [-0.2, -0.15) is 0 Å². The molecule has 2 aromatic rings. The van der Waals surface area contributed by atoms with E-state index in [4.69, 9.17) is 21.4 Å². The zero-order valence-electron chi connectivity index (χ0n) is 15.2. The van der Waals surface area contributed by atoms with E-state index in [0.29, 0.717) is 29.5 Å². The number of anilines is 1. The number of nitrogens with one attached hydrogen (secondary N) is 1. The molecule has 5 N–H and O–H groups in total. The number of aliphatic imine (C=N–C) groups is 2. The van der Waals surface area contributed by atoms with Crippen LogP contribution < -0.4 is 11.5 Å². The summed E-state index contributed by atoms with van der Waals surface area (Å²) in [7, 11) is 1.59. The van der Waals surface area contributed by atoms with E-state index in [0.717, 1.165) is 33.8 Å². The van der Waals surface area contributed by atoms with Crippen LogP contribution in [-0.4, -0.2) is 34.4 Å². The zero-order chi connectivity index (χ0) is 19.0. The second-order valence-corrected chi connectivity index (χ2v) is 6.12. The van der Waals surface area contributed by atoms with Gasteiger partial charge in [-0.3, -0.25) is 10.4 Å². The predicted molar refractivity (Wildman–Crippen MR) is 103 cm³/mol. The van der Waals surface area contributed by atoms with Gasteiger partial charge in [0.15, 0.2) is 5.84 Å². The van der Waals surface area contributed by atoms with E-state index in [9.17, 15) is 0 Å². The smallest absolute Gasteiger partial charge is 0.174 e. The molecule has 8 heteroatoms. The van der Waals surface area contributed by atoms with Gasteiger partial charge in [0.05, 0.1) is 17.0 Å². The minimum Gasteiger partial charge on any atom is -0.397 e. The summed E-state index contributed by atoms with van der Waals surface area (Å²) in [4.78, 5) is 12.8. The summed E-state index contributed by atoms with van der Waals surface area (Å²) in [5.41, 5.74) is 17.5. The van der Waals surface area contributed by atoms with Gasteiger partial charge in [-0.1, -0.05) is 5.16 Å². The molecular weight excluding hydrogens is 330 g/mol. The molecule has 0 saturated heterocycles. The van der Waals surface area contributed by atoms with Crippen molar-refractivity contribution >= 4 is 23.1 Å².